The van der Waals surface area contributed by atoms with Gasteiger partial charge in [-0.1, -0.05) is 18.2 Å². The molecule has 104 valence electrons. The number of rotatable bonds is 2. The minimum absolute atomic E-state index is 0. The predicted octanol–water partition coefficient (Wildman–Crippen LogP) is -0.785. The molecular formula is C7H9BF3KO6S. The van der Waals surface area contributed by atoms with Crippen LogP contribution in [0.4, 0.5) is 13.2 Å². The quantitative estimate of drug-likeness (QED) is 0.374. The van der Waals surface area contributed by atoms with Crippen LogP contribution >= 0.6 is 0 Å². The number of hydrogen-bond donors (Lipinski definition) is 3. The van der Waals surface area contributed by atoms with Gasteiger partial charge >= 0.3 is 74.3 Å². The maximum atomic E-state index is 11.8. The molecule has 0 radical (unpaired) electrons. The Bertz CT molecular complexity index is 449. The molecule has 12 heteroatoms. The summed E-state index contributed by atoms with van der Waals surface area (Å²) in [6.45, 7) is 0. The van der Waals surface area contributed by atoms with Crippen LogP contribution in [0.25, 0.3) is 0 Å². The van der Waals surface area contributed by atoms with E-state index in [1.54, 1.807) is 0 Å². The Morgan fingerprint density at radius 1 is 1.05 bits per heavy atom. The van der Waals surface area contributed by atoms with Gasteiger partial charge in [-0.15, -0.1) is 0 Å². The molecule has 0 aliphatic heterocycles. The average Bonchev–Trinajstić information content (AvgIpc) is 2.15. The molecule has 0 aliphatic rings. The molecule has 0 heterocycles. The Balaban J connectivity index is 0. The molecule has 0 saturated carbocycles. The van der Waals surface area contributed by atoms with Gasteiger partial charge in [0.2, 0.25) is 0 Å². The van der Waals surface area contributed by atoms with Crippen LogP contribution in [0.2, 0.25) is 0 Å². The molecule has 0 amide bonds. The van der Waals surface area contributed by atoms with Gasteiger partial charge in [-0.3, -0.25) is 0 Å². The van der Waals surface area contributed by atoms with Crippen LogP contribution in [-0.4, -0.2) is 87.7 Å². The Morgan fingerprint density at radius 3 is 1.74 bits per heavy atom. The zero-order valence-corrected chi connectivity index (χ0v) is 9.39. The standard InChI is InChI=1S/C7H5F3O3S.BH3O3.K.H/c8-7(9,10)14(11,12)13-6-4-2-1-3-5-6;2-1(3)4;;/h1-5H;2-4H;;. The molecule has 0 saturated heterocycles. The second-order valence-electron chi connectivity index (χ2n) is 2.64. The predicted molar refractivity (Wildman–Crippen MR) is 61.6 cm³/mol. The van der Waals surface area contributed by atoms with Crippen LogP contribution in [0.15, 0.2) is 30.3 Å². The normalized spacial score (nSPS) is 10.6. The van der Waals surface area contributed by atoms with Gasteiger partial charge < -0.3 is 19.3 Å². The van der Waals surface area contributed by atoms with Gasteiger partial charge in [0.15, 0.2) is 0 Å². The zero-order valence-electron chi connectivity index (χ0n) is 8.57. The van der Waals surface area contributed by atoms with Crippen molar-refractivity contribution < 1.29 is 40.8 Å². The topological polar surface area (TPSA) is 104 Å². The van der Waals surface area contributed by atoms with Crippen molar-refractivity contribution in [3.05, 3.63) is 30.3 Å². The Hall–Kier alpha value is 0.341. The molecule has 0 atom stereocenters. The third-order valence-electron chi connectivity index (χ3n) is 1.23. The van der Waals surface area contributed by atoms with Gasteiger partial charge in [0.25, 0.3) is 0 Å². The summed E-state index contributed by atoms with van der Waals surface area (Å²) in [5, 5.41) is 21.5. The summed E-state index contributed by atoms with van der Waals surface area (Å²) in [5.74, 6) is -0.371. The van der Waals surface area contributed by atoms with Crippen molar-refractivity contribution in [2.24, 2.45) is 0 Å². The van der Waals surface area contributed by atoms with E-state index in [0.717, 1.165) is 12.1 Å². The average molecular weight is 328 g/mol. The van der Waals surface area contributed by atoms with E-state index in [-0.39, 0.29) is 57.1 Å². The van der Waals surface area contributed by atoms with Crippen molar-refractivity contribution in [1.29, 1.82) is 0 Å². The van der Waals surface area contributed by atoms with E-state index in [0.29, 0.717) is 0 Å². The van der Waals surface area contributed by atoms with Crippen molar-refractivity contribution >= 4 is 68.8 Å². The van der Waals surface area contributed by atoms with E-state index in [1.165, 1.54) is 18.2 Å². The Morgan fingerprint density at radius 2 is 1.42 bits per heavy atom. The van der Waals surface area contributed by atoms with E-state index in [2.05, 4.69) is 4.18 Å². The van der Waals surface area contributed by atoms with E-state index in [1.807, 2.05) is 0 Å². The molecule has 6 nitrogen and oxygen atoms in total. The van der Waals surface area contributed by atoms with E-state index in [4.69, 9.17) is 15.1 Å². The van der Waals surface area contributed by atoms with Gasteiger partial charge in [-0.25, -0.2) is 0 Å². The molecule has 3 N–H and O–H groups in total. The SMILES string of the molecule is O=S(=O)(Oc1ccccc1)C(F)(F)F.OB(O)O.[KH]. The number of alkyl halides is 3. The summed E-state index contributed by atoms with van der Waals surface area (Å²) in [6, 6.07) is 6.47. The molecule has 1 rings (SSSR count). The Labute approximate surface area is 149 Å². The number of para-hydroxylation sites is 1. The first kappa shape index (κ1) is 21.6. The molecule has 0 fully saturated rings. The van der Waals surface area contributed by atoms with E-state index in [9.17, 15) is 21.6 Å². The number of hydrogen-bond acceptors (Lipinski definition) is 6. The van der Waals surface area contributed by atoms with Gasteiger partial charge in [0, 0.05) is 0 Å². The second-order valence-corrected chi connectivity index (χ2v) is 4.18. The monoisotopic (exact) mass is 328 g/mol. The van der Waals surface area contributed by atoms with Crippen LogP contribution in [0.1, 0.15) is 0 Å². The summed E-state index contributed by atoms with van der Waals surface area (Å²) < 4.78 is 60.2. The summed E-state index contributed by atoms with van der Waals surface area (Å²) in [4.78, 5) is 0. The first-order chi connectivity index (χ1) is 8.06. The fraction of sp³-hybridized carbons (Fsp3) is 0.143. The molecule has 0 bridgehead atoms. The van der Waals surface area contributed by atoms with Gasteiger partial charge in [-0.2, -0.15) is 21.6 Å². The molecule has 1 aromatic carbocycles. The van der Waals surface area contributed by atoms with Crippen LogP contribution in [0.3, 0.4) is 0 Å². The molecule has 0 aliphatic carbocycles. The molecule has 0 aromatic heterocycles. The van der Waals surface area contributed by atoms with Crippen molar-refractivity contribution in [1.82, 2.24) is 0 Å². The van der Waals surface area contributed by atoms with Crippen molar-refractivity contribution in [2.75, 3.05) is 0 Å². The molecule has 19 heavy (non-hydrogen) atoms. The zero-order chi connectivity index (χ0) is 14.4. The molecule has 0 spiro atoms. The van der Waals surface area contributed by atoms with Crippen LogP contribution in [-0.2, 0) is 10.1 Å². The number of benzene rings is 1. The van der Waals surface area contributed by atoms with Crippen LogP contribution < -0.4 is 4.18 Å². The van der Waals surface area contributed by atoms with Crippen LogP contribution in [0, 0.1) is 0 Å². The molecular weight excluding hydrogens is 319 g/mol. The number of halogens is 3. The van der Waals surface area contributed by atoms with Crippen molar-refractivity contribution in [3.63, 3.8) is 0 Å². The first-order valence-electron chi connectivity index (χ1n) is 4.16. The van der Waals surface area contributed by atoms with Crippen molar-refractivity contribution in [3.8, 4) is 5.75 Å². The minimum atomic E-state index is -5.55. The van der Waals surface area contributed by atoms with E-state index >= 15 is 0 Å². The van der Waals surface area contributed by atoms with Crippen molar-refractivity contribution in [2.45, 2.75) is 5.51 Å². The fourth-order valence-corrected chi connectivity index (χ4v) is 1.11. The third-order valence-corrected chi connectivity index (χ3v) is 2.21. The maximum absolute atomic E-state index is 11.8. The van der Waals surface area contributed by atoms with Gasteiger partial charge in [0.05, 0.1) is 0 Å². The van der Waals surface area contributed by atoms with Crippen LogP contribution in [0.5, 0.6) is 5.75 Å². The molecule has 0 unspecified atom stereocenters. The molecule has 1 aromatic rings. The van der Waals surface area contributed by atoms with Gasteiger partial charge in [-0.05, 0) is 12.1 Å². The summed E-state index contributed by atoms with van der Waals surface area (Å²) in [7, 11) is -7.72. The fourth-order valence-electron chi connectivity index (χ4n) is 0.650. The summed E-state index contributed by atoms with van der Waals surface area (Å²) in [6.07, 6.45) is 0. The first-order valence-corrected chi connectivity index (χ1v) is 5.57. The van der Waals surface area contributed by atoms with E-state index < -0.39 is 22.9 Å². The summed E-state index contributed by atoms with van der Waals surface area (Å²) in [5.41, 5.74) is -5.40. The second kappa shape index (κ2) is 9.31. The third kappa shape index (κ3) is 9.81. The van der Waals surface area contributed by atoms with Gasteiger partial charge in [0.1, 0.15) is 5.75 Å². The summed E-state index contributed by atoms with van der Waals surface area (Å²) >= 11 is 0. The Kier molecular flexibility index (Phi) is 10.6.